The molecule has 2 saturated heterocycles. The van der Waals surface area contributed by atoms with Gasteiger partial charge in [-0.15, -0.1) is 0 Å². The lowest BCUT2D eigenvalue weighted by Gasteiger charge is -2.46. The Kier molecular flexibility index (Phi) is 12.5. The molecule has 0 bridgehead atoms. The highest BCUT2D eigenvalue weighted by molar-refractivity contribution is 6.37. The Balaban J connectivity index is 0.000000239. The number of hydrogen-bond acceptors (Lipinski definition) is 13. The number of rotatable bonds is 5. The number of aldehydes is 1. The van der Waals surface area contributed by atoms with Crippen molar-refractivity contribution in [1.29, 1.82) is 0 Å². The zero-order valence-corrected chi connectivity index (χ0v) is 26.7. The summed E-state index contributed by atoms with van der Waals surface area (Å²) < 4.78 is 51.8. The van der Waals surface area contributed by atoms with Crippen molar-refractivity contribution in [1.82, 2.24) is 20.3 Å². The summed E-state index contributed by atoms with van der Waals surface area (Å²) in [5, 5.41) is 11.0. The van der Waals surface area contributed by atoms with Gasteiger partial charge >= 0.3 is 24.2 Å². The summed E-state index contributed by atoms with van der Waals surface area (Å²) in [5.41, 5.74) is 0.206. The fourth-order valence-electron chi connectivity index (χ4n) is 5.43. The zero-order chi connectivity index (χ0) is 34.1. The van der Waals surface area contributed by atoms with E-state index in [1.807, 2.05) is 20.8 Å². The number of aromatic nitrogens is 1. The molecule has 2 atom stereocenters. The fourth-order valence-corrected chi connectivity index (χ4v) is 5.43. The first-order valence-corrected chi connectivity index (χ1v) is 15.2. The predicted octanol–water partition coefficient (Wildman–Crippen LogP) is 3.23. The lowest BCUT2D eigenvalue weighted by molar-refractivity contribution is -0.175. The normalized spacial score (nSPS) is 22.4. The van der Waals surface area contributed by atoms with Crippen LogP contribution in [-0.4, -0.2) is 108 Å². The quantitative estimate of drug-likeness (QED) is 0.279. The second-order valence-corrected chi connectivity index (χ2v) is 11.8. The van der Waals surface area contributed by atoms with Crippen LogP contribution in [0.4, 0.5) is 18.0 Å². The number of halogens is 3. The number of hydrogen-bond donors (Lipinski definition) is 1. The van der Waals surface area contributed by atoms with E-state index in [0.717, 1.165) is 50.2 Å². The molecule has 1 aromatic rings. The number of likely N-dealkylation sites (tertiary alicyclic amines) is 2. The van der Waals surface area contributed by atoms with Crippen LogP contribution >= 0.6 is 0 Å². The maximum atomic E-state index is 12.5. The van der Waals surface area contributed by atoms with E-state index < -0.39 is 35.7 Å². The zero-order valence-electron chi connectivity index (χ0n) is 26.7. The number of fused-ring (bicyclic) bond motifs is 2. The Hall–Kier alpha value is -3.73. The van der Waals surface area contributed by atoms with Crippen molar-refractivity contribution in [2.45, 2.75) is 84.3 Å². The van der Waals surface area contributed by atoms with Gasteiger partial charge < -0.3 is 33.8 Å². The van der Waals surface area contributed by atoms with Gasteiger partial charge in [0, 0.05) is 57.7 Å². The average Bonchev–Trinajstić information content (AvgIpc) is 3.76. The molecular formula is C29H42F3N5O9. The van der Waals surface area contributed by atoms with Crippen molar-refractivity contribution >= 4 is 30.0 Å². The number of ether oxygens (including phenoxy) is 3. The summed E-state index contributed by atoms with van der Waals surface area (Å²) in [6, 6.07) is 0. The van der Waals surface area contributed by atoms with Crippen molar-refractivity contribution < 1.29 is 55.9 Å². The van der Waals surface area contributed by atoms with Crippen molar-refractivity contribution in [3.63, 3.8) is 0 Å². The van der Waals surface area contributed by atoms with Crippen LogP contribution in [0.5, 0.6) is 0 Å². The summed E-state index contributed by atoms with van der Waals surface area (Å²) in [5.74, 6) is -0.404. The monoisotopic (exact) mass is 661 g/mol. The van der Waals surface area contributed by atoms with E-state index in [0.29, 0.717) is 38.4 Å². The van der Waals surface area contributed by atoms with Gasteiger partial charge in [0.15, 0.2) is 11.4 Å². The Morgan fingerprint density at radius 3 is 2.28 bits per heavy atom. The number of carbonyl (C=O) groups excluding carboxylic acids is 4. The molecule has 17 heteroatoms. The molecule has 0 spiro atoms. The van der Waals surface area contributed by atoms with Crippen molar-refractivity contribution in [2.24, 2.45) is 11.1 Å². The molecular weight excluding hydrogens is 619 g/mol. The fraction of sp³-hybridized carbons (Fsp3) is 0.724. The van der Waals surface area contributed by atoms with Gasteiger partial charge in [0.05, 0.1) is 19.1 Å². The highest BCUT2D eigenvalue weighted by Crippen LogP contribution is 2.42. The summed E-state index contributed by atoms with van der Waals surface area (Å²) in [6.45, 7) is 13.8. The van der Waals surface area contributed by atoms with E-state index in [4.69, 9.17) is 28.4 Å². The van der Waals surface area contributed by atoms with Gasteiger partial charge in [-0.05, 0) is 47.5 Å². The molecule has 4 aliphatic heterocycles. The van der Waals surface area contributed by atoms with Crippen LogP contribution in [-0.2, 0) is 41.6 Å². The molecule has 1 aromatic heterocycles. The van der Waals surface area contributed by atoms with Crippen LogP contribution in [0.2, 0.25) is 0 Å². The number of nitrogens with zero attached hydrogens (tertiary/aromatic N) is 4. The Bertz CT molecular complexity index is 1260. The molecule has 1 amide bonds. The first-order chi connectivity index (χ1) is 21.7. The molecule has 4 aliphatic rings. The Morgan fingerprint density at radius 1 is 1.07 bits per heavy atom. The Morgan fingerprint density at radius 2 is 1.70 bits per heavy atom. The third-order valence-electron chi connectivity index (χ3n) is 7.40. The van der Waals surface area contributed by atoms with Gasteiger partial charge in [-0.25, -0.2) is 14.4 Å². The number of alkyl halides is 3. The topological polar surface area (TPSA) is 162 Å². The molecule has 14 nitrogen and oxygen atoms in total. The lowest BCUT2D eigenvalue weighted by atomic mass is 9.84. The molecule has 0 aliphatic carbocycles. The third kappa shape index (κ3) is 9.40. The second kappa shape index (κ2) is 15.7. The van der Waals surface area contributed by atoms with Crippen molar-refractivity contribution in [3.8, 4) is 0 Å². The largest absolute Gasteiger partial charge is 0.461 e. The van der Waals surface area contributed by atoms with E-state index in [1.54, 1.807) is 18.7 Å². The molecule has 258 valence electrons. The summed E-state index contributed by atoms with van der Waals surface area (Å²) in [6.07, 6.45) is -2.51. The van der Waals surface area contributed by atoms with E-state index in [2.05, 4.69) is 20.5 Å². The number of oxime groups is 1. The van der Waals surface area contributed by atoms with Crippen LogP contribution in [0.1, 0.15) is 75.7 Å². The molecule has 2 fully saturated rings. The van der Waals surface area contributed by atoms with Crippen molar-refractivity contribution in [2.75, 3.05) is 45.9 Å². The minimum absolute atomic E-state index is 0.270. The molecule has 2 unspecified atom stereocenters. The third-order valence-corrected chi connectivity index (χ3v) is 7.40. The molecule has 5 heterocycles. The van der Waals surface area contributed by atoms with Gasteiger partial charge in [0.2, 0.25) is 12.0 Å². The number of amides is 1. The predicted molar refractivity (Wildman–Crippen MR) is 155 cm³/mol. The smallest absolute Gasteiger partial charge is 0.446 e. The van der Waals surface area contributed by atoms with Gasteiger partial charge in [-0.1, -0.05) is 10.3 Å². The minimum atomic E-state index is -4.64. The number of carbonyl (C=O) groups is 4. The number of nitrogens with one attached hydrogen (secondary N) is 1. The molecule has 46 heavy (non-hydrogen) atoms. The first-order valence-electron chi connectivity index (χ1n) is 15.2. The molecule has 1 N–H and O–H groups in total. The number of piperidine rings is 1. The summed E-state index contributed by atoms with van der Waals surface area (Å²) in [7, 11) is 0. The molecule has 0 radical (unpaired) electrons. The summed E-state index contributed by atoms with van der Waals surface area (Å²) >= 11 is 0. The van der Waals surface area contributed by atoms with Crippen molar-refractivity contribution in [3.05, 3.63) is 17.0 Å². The molecule has 0 aromatic carbocycles. The maximum absolute atomic E-state index is 12.5. The van der Waals surface area contributed by atoms with Crippen LogP contribution < -0.4 is 5.32 Å². The average molecular weight is 662 g/mol. The molecule has 0 saturated carbocycles. The molecule has 5 rings (SSSR count). The van der Waals surface area contributed by atoms with Gasteiger partial charge in [-0.3, -0.25) is 9.69 Å². The first kappa shape index (κ1) is 36.7. The van der Waals surface area contributed by atoms with E-state index in [1.165, 1.54) is 0 Å². The SMILES string of the molecule is CCOC(=O)C1=NOC2(N3CCCC3)CCN(C(=O)OC(C)(C)C)CC12.CCOC(=O)c1noc2c1CNCC2.O=CC(F)(F)F. The lowest BCUT2D eigenvalue weighted by Crippen LogP contribution is -2.62. The van der Waals surface area contributed by atoms with Crippen LogP contribution in [0.25, 0.3) is 0 Å². The Labute approximate surface area is 264 Å². The van der Waals surface area contributed by atoms with Gasteiger partial charge in [0.1, 0.15) is 11.4 Å². The number of esters is 2. The van der Waals surface area contributed by atoms with Crippen LogP contribution in [0, 0.1) is 5.92 Å². The van der Waals surface area contributed by atoms with Crippen LogP contribution in [0.3, 0.4) is 0 Å². The standard InChI is InChI=1S/C18H29N3O5.C9H12N2O3.C2HF3O/c1-5-24-15(22)14-13-12-20(16(23)25-17(2,3)4)11-8-18(13,26-19-14)21-9-6-7-10-21;1-2-13-9(12)8-6-5-10-4-3-7(6)14-11-8;3-2(4,5)1-6/h13H,5-12H2,1-4H3;10H,2-5H2,1H3;1H. The van der Waals surface area contributed by atoms with Gasteiger partial charge in [-0.2, -0.15) is 13.2 Å². The maximum Gasteiger partial charge on any atom is 0.446 e. The second-order valence-electron chi connectivity index (χ2n) is 11.8. The van der Waals surface area contributed by atoms with E-state index in [-0.39, 0.29) is 24.3 Å². The highest BCUT2D eigenvalue weighted by atomic mass is 19.4. The van der Waals surface area contributed by atoms with E-state index >= 15 is 0 Å². The van der Waals surface area contributed by atoms with Crippen LogP contribution in [0.15, 0.2) is 9.68 Å². The van der Waals surface area contributed by atoms with Gasteiger partial charge in [0.25, 0.3) is 0 Å². The highest BCUT2D eigenvalue weighted by Gasteiger charge is 2.58. The summed E-state index contributed by atoms with van der Waals surface area (Å²) in [4.78, 5) is 54.8. The van der Waals surface area contributed by atoms with E-state index in [9.17, 15) is 27.6 Å². The minimum Gasteiger partial charge on any atom is -0.461 e.